The molecule has 0 bridgehead atoms. The van der Waals surface area contributed by atoms with Crippen LogP contribution in [0.4, 0.5) is 0 Å². The molecule has 4 rings (SSSR count). The number of aromatic nitrogens is 2. The summed E-state index contributed by atoms with van der Waals surface area (Å²) >= 11 is 0. The van der Waals surface area contributed by atoms with Crippen molar-refractivity contribution in [1.82, 2.24) is 5.27 Å². The van der Waals surface area contributed by atoms with E-state index in [0.29, 0.717) is 22.7 Å². The SMILES string of the molecule is CCCCc1ccc(/C(=N/[O-])c2ccc(-[n+]3[nH]oc(=O)c3-c3ccccc3)cc2)cc1. The summed E-state index contributed by atoms with van der Waals surface area (Å²) in [7, 11) is 0. The first kappa shape index (κ1) is 20.3. The summed E-state index contributed by atoms with van der Waals surface area (Å²) in [5.74, 6) is 0. The Morgan fingerprint density at radius 2 is 1.61 bits per heavy atom. The van der Waals surface area contributed by atoms with Crippen molar-refractivity contribution < 1.29 is 9.20 Å². The molecule has 4 aromatic rings. The van der Waals surface area contributed by atoms with Crippen LogP contribution in [0.3, 0.4) is 0 Å². The predicted octanol–water partition coefficient (Wildman–Crippen LogP) is 4.59. The van der Waals surface area contributed by atoms with Crippen molar-refractivity contribution in [3.63, 3.8) is 0 Å². The highest BCUT2D eigenvalue weighted by atomic mass is 16.5. The number of rotatable bonds is 7. The molecular formula is C25H23N3O3. The highest BCUT2D eigenvalue weighted by Crippen LogP contribution is 2.16. The predicted molar refractivity (Wildman–Crippen MR) is 120 cm³/mol. The molecule has 0 saturated carbocycles. The summed E-state index contributed by atoms with van der Waals surface area (Å²) in [5.41, 5.74) is 4.49. The molecular weight excluding hydrogens is 390 g/mol. The number of unbranched alkanes of at least 4 members (excludes halogenated alkanes) is 1. The Morgan fingerprint density at radius 3 is 2.23 bits per heavy atom. The molecule has 0 aliphatic carbocycles. The van der Waals surface area contributed by atoms with Crippen molar-refractivity contribution in [3.05, 3.63) is 111 Å². The summed E-state index contributed by atoms with van der Waals surface area (Å²) in [5, 5.41) is 17.5. The second-order valence-electron chi connectivity index (χ2n) is 7.32. The zero-order valence-electron chi connectivity index (χ0n) is 17.2. The molecule has 0 atom stereocenters. The second-order valence-corrected chi connectivity index (χ2v) is 7.32. The fourth-order valence-corrected chi connectivity index (χ4v) is 3.55. The van der Waals surface area contributed by atoms with E-state index >= 15 is 0 Å². The fraction of sp³-hybridized carbons (Fsp3) is 0.160. The molecule has 6 nitrogen and oxygen atoms in total. The van der Waals surface area contributed by atoms with E-state index in [1.54, 1.807) is 4.68 Å². The van der Waals surface area contributed by atoms with Gasteiger partial charge in [0.25, 0.3) is 0 Å². The van der Waals surface area contributed by atoms with Gasteiger partial charge in [0.05, 0.1) is 11.3 Å². The van der Waals surface area contributed by atoms with Gasteiger partial charge in [-0.2, -0.15) is 0 Å². The number of nitrogens with one attached hydrogen (secondary N) is 1. The molecule has 0 aliphatic heterocycles. The van der Waals surface area contributed by atoms with E-state index in [-0.39, 0.29) is 0 Å². The lowest BCUT2D eigenvalue weighted by molar-refractivity contribution is -0.660. The molecule has 0 spiro atoms. The molecule has 1 heterocycles. The van der Waals surface area contributed by atoms with Crippen LogP contribution in [-0.2, 0) is 6.42 Å². The van der Waals surface area contributed by atoms with Crippen molar-refractivity contribution in [3.8, 4) is 16.9 Å². The quantitative estimate of drug-likeness (QED) is 0.273. The van der Waals surface area contributed by atoms with Crippen LogP contribution in [0.2, 0.25) is 0 Å². The molecule has 3 aromatic carbocycles. The van der Waals surface area contributed by atoms with E-state index in [0.717, 1.165) is 30.4 Å². The van der Waals surface area contributed by atoms with Crippen molar-refractivity contribution in [2.24, 2.45) is 5.16 Å². The number of aromatic amines is 1. The summed E-state index contributed by atoms with van der Waals surface area (Å²) in [6.45, 7) is 2.17. The standard InChI is InChI=1S/C25H23N3O3/c1-2-3-7-18-10-12-19(13-11-18)23(26-30)20-14-16-22(17-15-20)28-24(25(29)31-27-28)21-8-5-4-6-9-21/h4-6,8-17H,2-3,7H2,1H3,(H-,27,29,30). The average Bonchev–Trinajstić information content (AvgIpc) is 3.21. The normalized spacial score (nSPS) is 11.6. The molecule has 31 heavy (non-hydrogen) atoms. The lowest BCUT2D eigenvalue weighted by Gasteiger charge is -2.10. The number of benzene rings is 3. The van der Waals surface area contributed by atoms with Gasteiger partial charge in [0.2, 0.25) is 5.69 Å². The molecule has 0 radical (unpaired) electrons. The van der Waals surface area contributed by atoms with Crippen molar-refractivity contribution in [2.75, 3.05) is 0 Å². The van der Waals surface area contributed by atoms with Crippen LogP contribution in [0.1, 0.15) is 36.5 Å². The Balaban J connectivity index is 1.62. The summed E-state index contributed by atoms with van der Waals surface area (Å²) in [6.07, 6.45) is 3.31. The first-order valence-electron chi connectivity index (χ1n) is 10.3. The highest BCUT2D eigenvalue weighted by molar-refractivity contribution is 6.13. The summed E-state index contributed by atoms with van der Waals surface area (Å²) in [6, 6.07) is 24.5. The van der Waals surface area contributed by atoms with E-state index in [2.05, 4.69) is 17.4 Å². The molecule has 1 N–H and O–H groups in total. The van der Waals surface area contributed by atoms with E-state index in [9.17, 15) is 10.0 Å². The Morgan fingerprint density at radius 1 is 0.968 bits per heavy atom. The molecule has 0 aliphatic rings. The third-order valence-electron chi connectivity index (χ3n) is 5.23. The van der Waals surface area contributed by atoms with Gasteiger partial charge in [-0.15, -0.1) is 0 Å². The van der Waals surface area contributed by atoms with Gasteiger partial charge in [-0.3, -0.25) is 4.52 Å². The topological polar surface area (TPSA) is 85.3 Å². The van der Waals surface area contributed by atoms with Crippen molar-refractivity contribution in [1.29, 1.82) is 0 Å². The number of aryl methyl sites for hydroxylation is 1. The van der Waals surface area contributed by atoms with Crippen LogP contribution in [0.5, 0.6) is 0 Å². The maximum absolute atomic E-state index is 12.2. The zero-order valence-corrected chi connectivity index (χ0v) is 17.2. The second kappa shape index (κ2) is 9.26. The third kappa shape index (κ3) is 4.33. The van der Waals surface area contributed by atoms with Gasteiger partial charge in [-0.05, 0) is 58.2 Å². The molecule has 1 aromatic heterocycles. The Labute approximate surface area is 180 Å². The van der Waals surface area contributed by atoms with Gasteiger partial charge in [0, 0.05) is 17.7 Å². The largest absolute Gasteiger partial charge is 0.791 e. The van der Waals surface area contributed by atoms with E-state index < -0.39 is 5.63 Å². The Bertz CT molecular complexity index is 1220. The number of nitrogens with zero attached hydrogens (tertiary/aromatic N) is 2. The van der Waals surface area contributed by atoms with Crippen LogP contribution >= 0.6 is 0 Å². The van der Waals surface area contributed by atoms with Crippen molar-refractivity contribution in [2.45, 2.75) is 26.2 Å². The maximum Gasteiger partial charge on any atom is 0.435 e. The first-order valence-corrected chi connectivity index (χ1v) is 10.3. The van der Waals surface area contributed by atoms with Crippen LogP contribution in [0.25, 0.3) is 16.9 Å². The summed E-state index contributed by atoms with van der Waals surface area (Å²) in [4.78, 5) is 12.2. The molecule has 0 amide bonds. The Kier molecular flexibility index (Phi) is 6.08. The van der Waals surface area contributed by atoms with E-state index in [1.165, 1.54) is 5.56 Å². The van der Waals surface area contributed by atoms with Gasteiger partial charge < -0.3 is 10.4 Å². The van der Waals surface area contributed by atoms with Crippen LogP contribution < -0.4 is 10.3 Å². The van der Waals surface area contributed by atoms with Crippen molar-refractivity contribution >= 4 is 5.71 Å². The zero-order chi connectivity index (χ0) is 21.6. The molecule has 156 valence electrons. The number of hydrogen-bond acceptors (Lipinski definition) is 4. The van der Waals surface area contributed by atoms with Gasteiger partial charge in [0.15, 0.2) is 0 Å². The average molecular weight is 413 g/mol. The van der Waals surface area contributed by atoms with Gasteiger partial charge >= 0.3 is 11.3 Å². The lowest BCUT2D eigenvalue weighted by Crippen LogP contribution is -2.36. The highest BCUT2D eigenvalue weighted by Gasteiger charge is 2.25. The van der Waals surface area contributed by atoms with E-state index in [4.69, 9.17) is 4.52 Å². The molecule has 0 saturated heterocycles. The van der Waals surface area contributed by atoms with Gasteiger partial charge in [0.1, 0.15) is 0 Å². The smallest absolute Gasteiger partial charge is 0.435 e. The van der Waals surface area contributed by atoms with Crippen LogP contribution in [0.15, 0.2) is 93.3 Å². The lowest BCUT2D eigenvalue weighted by atomic mass is 9.99. The van der Waals surface area contributed by atoms with E-state index in [1.807, 2.05) is 78.9 Å². The maximum atomic E-state index is 12.2. The molecule has 6 heteroatoms. The molecule has 0 unspecified atom stereocenters. The molecule has 0 fully saturated rings. The summed E-state index contributed by atoms with van der Waals surface area (Å²) < 4.78 is 6.60. The van der Waals surface area contributed by atoms with Gasteiger partial charge in [-0.25, -0.2) is 4.79 Å². The Hall–Kier alpha value is -3.93. The van der Waals surface area contributed by atoms with Crippen LogP contribution in [-0.4, -0.2) is 11.0 Å². The number of hydrogen-bond donors (Lipinski definition) is 1. The fourth-order valence-electron chi connectivity index (χ4n) is 3.55. The minimum atomic E-state index is -0.458. The third-order valence-corrected chi connectivity index (χ3v) is 5.23. The monoisotopic (exact) mass is 413 g/mol. The number of H-pyrrole nitrogens is 1. The minimum absolute atomic E-state index is 0.377. The first-order chi connectivity index (χ1) is 15.2. The van der Waals surface area contributed by atoms with Crippen LogP contribution in [0, 0.1) is 5.21 Å². The minimum Gasteiger partial charge on any atom is -0.791 e. The van der Waals surface area contributed by atoms with Gasteiger partial charge in [-0.1, -0.05) is 55.8 Å².